The molecule has 0 unspecified atom stereocenters. The molecule has 0 aliphatic heterocycles. The summed E-state index contributed by atoms with van der Waals surface area (Å²) in [6, 6.07) is 6.76. The Bertz CT molecular complexity index is 743. The maximum absolute atomic E-state index is 12.4. The second-order valence-electron chi connectivity index (χ2n) is 5.00. The predicted octanol–water partition coefficient (Wildman–Crippen LogP) is 2.95. The van der Waals surface area contributed by atoms with Crippen LogP contribution in [0.15, 0.2) is 29.2 Å². The Morgan fingerprint density at radius 2 is 2.14 bits per heavy atom. The fourth-order valence-electron chi connectivity index (χ4n) is 2.53. The van der Waals surface area contributed by atoms with Crippen molar-refractivity contribution < 1.29 is 8.42 Å². The molecule has 0 spiro atoms. The minimum Gasteiger partial charge on any atom is -0.398 e. The number of thiophene rings is 1. The van der Waals surface area contributed by atoms with E-state index in [1.165, 1.54) is 29.0 Å². The highest BCUT2D eigenvalue weighted by Gasteiger charge is 2.22. The maximum atomic E-state index is 12.4. The van der Waals surface area contributed by atoms with Gasteiger partial charge in [-0.05, 0) is 43.0 Å². The molecule has 4 nitrogen and oxygen atoms in total. The van der Waals surface area contributed by atoms with Gasteiger partial charge in [0.05, 0.1) is 10.7 Å². The fourth-order valence-corrected chi connectivity index (χ4v) is 5.50. The molecule has 2 aromatic rings. The summed E-state index contributed by atoms with van der Waals surface area (Å²) in [7, 11) is -3.71. The molecule has 1 heterocycles. The second-order valence-corrected chi connectivity index (χ2v) is 8.33. The Labute approximate surface area is 133 Å². The van der Waals surface area contributed by atoms with Crippen LogP contribution in [0.2, 0.25) is 5.02 Å². The number of anilines is 1. The molecule has 0 bridgehead atoms. The number of fused-ring (bicyclic) bond motifs is 1. The molecule has 1 aromatic carbocycles. The van der Waals surface area contributed by atoms with Crippen molar-refractivity contribution in [1.29, 1.82) is 0 Å². The first-order valence-corrected chi connectivity index (χ1v) is 9.29. The number of nitrogen functional groups attached to an aromatic ring is 1. The van der Waals surface area contributed by atoms with Gasteiger partial charge in [-0.2, -0.15) is 0 Å². The lowest BCUT2D eigenvalue weighted by molar-refractivity contribution is 0.582. The molecule has 3 N–H and O–H groups in total. The Morgan fingerprint density at radius 1 is 1.33 bits per heavy atom. The smallest absolute Gasteiger partial charge is 0.244 e. The number of benzene rings is 1. The van der Waals surface area contributed by atoms with Crippen molar-refractivity contribution in [3.05, 3.63) is 44.6 Å². The van der Waals surface area contributed by atoms with Crippen LogP contribution in [-0.4, -0.2) is 8.42 Å². The largest absolute Gasteiger partial charge is 0.398 e. The van der Waals surface area contributed by atoms with E-state index in [0.717, 1.165) is 17.7 Å². The molecule has 0 saturated carbocycles. The number of hydrogen-bond acceptors (Lipinski definition) is 4. The monoisotopic (exact) mass is 342 g/mol. The lowest BCUT2D eigenvalue weighted by atomic mass is 10.2. The van der Waals surface area contributed by atoms with Crippen molar-refractivity contribution in [1.82, 2.24) is 4.72 Å². The molecule has 1 aliphatic carbocycles. The van der Waals surface area contributed by atoms with Gasteiger partial charge in [0, 0.05) is 16.3 Å². The second kappa shape index (κ2) is 5.61. The summed E-state index contributed by atoms with van der Waals surface area (Å²) in [5.74, 6) is 0. The molecule has 7 heteroatoms. The number of halogens is 1. The maximum Gasteiger partial charge on any atom is 0.244 e. The van der Waals surface area contributed by atoms with E-state index in [0.29, 0.717) is 0 Å². The summed E-state index contributed by atoms with van der Waals surface area (Å²) < 4.78 is 27.3. The van der Waals surface area contributed by atoms with E-state index in [1.807, 2.05) is 0 Å². The fraction of sp³-hybridized carbons (Fsp3) is 0.286. The summed E-state index contributed by atoms with van der Waals surface area (Å²) in [5, 5.41) is 0.135. The van der Waals surface area contributed by atoms with Crippen LogP contribution >= 0.6 is 22.9 Å². The topological polar surface area (TPSA) is 72.2 Å². The van der Waals surface area contributed by atoms with Crippen LogP contribution in [0.4, 0.5) is 5.69 Å². The zero-order valence-electron chi connectivity index (χ0n) is 11.2. The van der Waals surface area contributed by atoms with E-state index in [1.54, 1.807) is 17.4 Å². The van der Waals surface area contributed by atoms with E-state index >= 15 is 0 Å². The SMILES string of the molecule is Nc1cccc(Cl)c1S(=O)(=O)NCc1cc2c(s1)CCC2. The lowest BCUT2D eigenvalue weighted by Crippen LogP contribution is -2.24. The van der Waals surface area contributed by atoms with Gasteiger partial charge in [0.2, 0.25) is 10.0 Å². The van der Waals surface area contributed by atoms with Crippen molar-refractivity contribution in [2.24, 2.45) is 0 Å². The third kappa shape index (κ3) is 2.94. The number of nitrogens with one attached hydrogen (secondary N) is 1. The Morgan fingerprint density at radius 3 is 2.86 bits per heavy atom. The van der Waals surface area contributed by atoms with Crippen LogP contribution in [0.3, 0.4) is 0 Å². The van der Waals surface area contributed by atoms with Gasteiger partial charge in [-0.25, -0.2) is 13.1 Å². The first kappa shape index (κ1) is 14.8. The first-order valence-electron chi connectivity index (χ1n) is 6.61. The van der Waals surface area contributed by atoms with Crippen LogP contribution in [0.5, 0.6) is 0 Å². The van der Waals surface area contributed by atoms with E-state index in [4.69, 9.17) is 17.3 Å². The molecule has 0 atom stereocenters. The van der Waals surface area contributed by atoms with Crippen LogP contribution < -0.4 is 10.5 Å². The number of sulfonamides is 1. The van der Waals surface area contributed by atoms with Crippen LogP contribution in [-0.2, 0) is 29.4 Å². The highest BCUT2D eigenvalue weighted by atomic mass is 35.5. The Balaban J connectivity index is 1.80. The summed E-state index contributed by atoms with van der Waals surface area (Å²) >= 11 is 7.64. The minimum absolute atomic E-state index is 0.0456. The van der Waals surface area contributed by atoms with E-state index in [-0.39, 0.29) is 22.2 Å². The molecule has 3 rings (SSSR count). The zero-order chi connectivity index (χ0) is 15.0. The van der Waals surface area contributed by atoms with Crippen molar-refractivity contribution in [2.75, 3.05) is 5.73 Å². The molecule has 0 fully saturated rings. The van der Waals surface area contributed by atoms with Gasteiger partial charge in [-0.1, -0.05) is 17.7 Å². The molecule has 1 aliphatic rings. The quantitative estimate of drug-likeness (QED) is 0.839. The van der Waals surface area contributed by atoms with Crippen molar-refractivity contribution in [3.63, 3.8) is 0 Å². The van der Waals surface area contributed by atoms with Gasteiger partial charge in [0.25, 0.3) is 0 Å². The molecular weight excluding hydrogens is 328 g/mol. The number of nitrogens with two attached hydrogens (primary N) is 1. The van der Waals surface area contributed by atoms with E-state index in [9.17, 15) is 8.42 Å². The minimum atomic E-state index is -3.71. The number of hydrogen-bond donors (Lipinski definition) is 2. The average molecular weight is 343 g/mol. The number of rotatable bonds is 4. The number of aryl methyl sites for hydroxylation is 2. The van der Waals surface area contributed by atoms with Gasteiger partial charge in [-0.15, -0.1) is 11.3 Å². The van der Waals surface area contributed by atoms with Gasteiger partial charge in [0.1, 0.15) is 4.90 Å². The molecular formula is C14H15ClN2O2S2. The average Bonchev–Trinajstić information content (AvgIpc) is 2.96. The Hall–Kier alpha value is -1.08. The molecule has 112 valence electrons. The van der Waals surface area contributed by atoms with Crippen molar-refractivity contribution >= 4 is 38.6 Å². The van der Waals surface area contributed by atoms with Crippen LogP contribution in [0, 0.1) is 0 Å². The molecule has 0 radical (unpaired) electrons. The highest BCUT2D eigenvalue weighted by Crippen LogP contribution is 2.31. The van der Waals surface area contributed by atoms with Crippen LogP contribution in [0.1, 0.15) is 21.7 Å². The molecule has 21 heavy (non-hydrogen) atoms. The van der Waals surface area contributed by atoms with E-state index < -0.39 is 10.0 Å². The summed E-state index contributed by atoms with van der Waals surface area (Å²) in [6.07, 6.45) is 3.39. The third-order valence-corrected chi connectivity index (χ3v) is 6.68. The molecule has 1 aromatic heterocycles. The standard InChI is InChI=1S/C14H15ClN2O2S2/c15-11-4-2-5-12(16)14(11)21(18,19)17-8-10-7-9-3-1-6-13(9)20-10/h2,4-5,7,17H,1,3,6,8,16H2. The highest BCUT2D eigenvalue weighted by molar-refractivity contribution is 7.89. The Kier molecular flexibility index (Phi) is 3.96. The lowest BCUT2D eigenvalue weighted by Gasteiger charge is -2.10. The molecule has 0 saturated heterocycles. The van der Waals surface area contributed by atoms with Gasteiger partial charge < -0.3 is 5.73 Å². The summed E-state index contributed by atoms with van der Waals surface area (Å²) in [6.45, 7) is 0.269. The molecule has 0 amide bonds. The van der Waals surface area contributed by atoms with Crippen LogP contribution in [0.25, 0.3) is 0 Å². The third-order valence-electron chi connectivity index (χ3n) is 3.50. The van der Waals surface area contributed by atoms with Crippen molar-refractivity contribution in [3.8, 4) is 0 Å². The zero-order valence-corrected chi connectivity index (χ0v) is 13.6. The van der Waals surface area contributed by atoms with Gasteiger partial charge in [0.15, 0.2) is 0 Å². The van der Waals surface area contributed by atoms with E-state index in [2.05, 4.69) is 10.8 Å². The normalized spacial score (nSPS) is 14.3. The summed E-state index contributed by atoms with van der Waals surface area (Å²) in [5.41, 5.74) is 7.24. The van der Waals surface area contributed by atoms with Crippen molar-refractivity contribution in [2.45, 2.75) is 30.7 Å². The summed E-state index contributed by atoms with van der Waals surface area (Å²) in [4.78, 5) is 2.35. The van der Waals surface area contributed by atoms with Gasteiger partial charge in [-0.3, -0.25) is 0 Å². The van der Waals surface area contributed by atoms with Gasteiger partial charge >= 0.3 is 0 Å². The first-order chi connectivity index (χ1) is 9.97. The predicted molar refractivity (Wildman–Crippen MR) is 86.2 cm³/mol.